The summed E-state index contributed by atoms with van der Waals surface area (Å²) in [6.07, 6.45) is -4.37. The molecule has 156 valence electrons. The standard InChI is InChI=1S/C20H28F3N3O2/c1-14(2)24-19(27)26-12-16(11-25-6-8-28-9-7-25)18(13-26)15-4-3-5-17(10-15)20(21,22)23/h3-5,10,14,16,18H,6-9,11-13H2,1-2H3,(H,24,27). The van der Waals surface area contributed by atoms with E-state index in [2.05, 4.69) is 10.2 Å². The van der Waals surface area contributed by atoms with Crippen molar-refractivity contribution in [1.82, 2.24) is 15.1 Å². The second kappa shape index (κ2) is 8.69. The lowest BCUT2D eigenvalue weighted by Gasteiger charge is -2.31. The van der Waals surface area contributed by atoms with Crippen LogP contribution in [-0.2, 0) is 10.9 Å². The van der Waals surface area contributed by atoms with Crippen LogP contribution in [0.25, 0.3) is 0 Å². The minimum atomic E-state index is -4.37. The van der Waals surface area contributed by atoms with Crippen molar-refractivity contribution in [1.29, 1.82) is 0 Å². The van der Waals surface area contributed by atoms with E-state index < -0.39 is 11.7 Å². The molecular formula is C20H28F3N3O2. The van der Waals surface area contributed by atoms with Crippen LogP contribution in [0.2, 0.25) is 0 Å². The number of benzene rings is 1. The van der Waals surface area contributed by atoms with Crippen molar-refractivity contribution >= 4 is 6.03 Å². The minimum absolute atomic E-state index is 0.0119. The lowest BCUT2D eigenvalue weighted by Crippen LogP contribution is -2.43. The van der Waals surface area contributed by atoms with Crippen molar-refractivity contribution in [3.8, 4) is 0 Å². The average Bonchev–Trinajstić information content (AvgIpc) is 3.05. The summed E-state index contributed by atoms with van der Waals surface area (Å²) in [5.74, 6) is -0.0393. The molecule has 0 bridgehead atoms. The summed E-state index contributed by atoms with van der Waals surface area (Å²) in [6, 6.07) is 5.39. The number of nitrogens with one attached hydrogen (secondary N) is 1. The van der Waals surface area contributed by atoms with Crippen molar-refractivity contribution in [2.24, 2.45) is 5.92 Å². The lowest BCUT2D eigenvalue weighted by molar-refractivity contribution is -0.137. The zero-order valence-corrected chi connectivity index (χ0v) is 16.3. The molecule has 2 fully saturated rings. The third kappa shape index (κ3) is 5.17. The van der Waals surface area contributed by atoms with Gasteiger partial charge in [0.15, 0.2) is 0 Å². The minimum Gasteiger partial charge on any atom is -0.379 e. The molecule has 2 atom stereocenters. The van der Waals surface area contributed by atoms with Crippen LogP contribution in [0.3, 0.4) is 0 Å². The Morgan fingerprint density at radius 2 is 1.96 bits per heavy atom. The molecule has 0 radical (unpaired) electrons. The first-order valence-corrected chi connectivity index (χ1v) is 9.76. The fourth-order valence-electron chi connectivity index (χ4n) is 4.00. The van der Waals surface area contributed by atoms with Crippen LogP contribution in [-0.4, -0.2) is 67.8 Å². The lowest BCUT2D eigenvalue weighted by atomic mass is 9.87. The average molecular weight is 399 g/mol. The SMILES string of the molecule is CC(C)NC(=O)N1CC(CN2CCOCC2)C(c2cccc(C(F)(F)F)c2)C1. The Bertz CT molecular complexity index is 675. The highest BCUT2D eigenvalue weighted by Gasteiger charge is 2.38. The summed E-state index contributed by atoms with van der Waals surface area (Å²) in [5.41, 5.74) is 0.00753. The summed E-state index contributed by atoms with van der Waals surface area (Å²) >= 11 is 0. The van der Waals surface area contributed by atoms with Gasteiger partial charge in [-0.05, 0) is 31.4 Å². The van der Waals surface area contributed by atoms with Crippen molar-refractivity contribution in [3.63, 3.8) is 0 Å². The number of nitrogens with zero attached hydrogens (tertiary/aromatic N) is 2. The molecule has 0 aromatic heterocycles. The van der Waals surface area contributed by atoms with E-state index in [1.807, 2.05) is 13.8 Å². The normalized spacial score (nSPS) is 24.0. The second-order valence-electron chi connectivity index (χ2n) is 7.91. The molecule has 1 aromatic rings. The van der Waals surface area contributed by atoms with Gasteiger partial charge in [-0.3, -0.25) is 4.90 Å². The van der Waals surface area contributed by atoms with E-state index in [1.165, 1.54) is 12.1 Å². The highest BCUT2D eigenvalue weighted by atomic mass is 19.4. The Labute approximate surface area is 163 Å². The van der Waals surface area contributed by atoms with Crippen molar-refractivity contribution in [2.75, 3.05) is 45.9 Å². The van der Waals surface area contributed by atoms with Crippen molar-refractivity contribution < 1.29 is 22.7 Å². The number of ether oxygens (including phenoxy) is 1. The van der Waals surface area contributed by atoms with Crippen LogP contribution in [0.15, 0.2) is 24.3 Å². The largest absolute Gasteiger partial charge is 0.416 e. The van der Waals surface area contributed by atoms with Crippen LogP contribution >= 0.6 is 0 Å². The number of morpholine rings is 1. The van der Waals surface area contributed by atoms with Crippen LogP contribution in [0.1, 0.15) is 30.9 Å². The number of carbonyl (C=O) groups excluding carboxylic acids is 1. The second-order valence-corrected chi connectivity index (χ2v) is 7.91. The number of amides is 2. The first-order valence-electron chi connectivity index (χ1n) is 9.76. The number of likely N-dealkylation sites (tertiary alicyclic amines) is 1. The molecule has 2 aliphatic heterocycles. The Balaban J connectivity index is 1.81. The maximum atomic E-state index is 13.2. The number of alkyl halides is 3. The van der Waals surface area contributed by atoms with E-state index in [4.69, 9.17) is 4.74 Å². The van der Waals surface area contributed by atoms with E-state index in [9.17, 15) is 18.0 Å². The van der Waals surface area contributed by atoms with E-state index in [1.54, 1.807) is 11.0 Å². The molecule has 3 rings (SSSR count). The smallest absolute Gasteiger partial charge is 0.379 e. The predicted molar refractivity (Wildman–Crippen MR) is 100 cm³/mol. The van der Waals surface area contributed by atoms with Gasteiger partial charge in [0, 0.05) is 44.7 Å². The molecule has 2 saturated heterocycles. The molecule has 2 heterocycles. The van der Waals surface area contributed by atoms with E-state index in [0.717, 1.165) is 25.7 Å². The van der Waals surface area contributed by atoms with Crippen molar-refractivity contribution in [3.05, 3.63) is 35.4 Å². The Morgan fingerprint density at radius 1 is 1.25 bits per heavy atom. The van der Waals surface area contributed by atoms with Crippen LogP contribution in [0.5, 0.6) is 0 Å². The molecule has 8 heteroatoms. The van der Waals surface area contributed by atoms with Gasteiger partial charge in [0.2, 0.25) is 0 Å². The maximum Gasteiger partial charge on any atom is 0.416 e. The van der Waals surface area contributed by atoms with E-state index in [-0.39, 0.29) is 23.9 Å². The number of hydrogen-bond acceptors (Lipinski definition) is 3. The highest BCUT2D eigenvalue weighted by Crippen LogP contribution is 2.37. The number of urea groups is 1. The molecule has 0 spiro atoms. The summed E-state index contributed by atoms with van der Waals surface area (Å²) in [6.45, 7) is 8.44. The Kier molecular flexibility index (Phi) is 6.50. The zero-order valence-electron chi connectivity index (χ0n) is 16.3. The number of hydrogen-bond donors (Lipinski definition) is 1. The molecule has 1 aromatic carbocycles. The molecule has 2 aliphatic rings. The van der Waals surface area contributed by atoms with Gasteiger partial charge in [0.1, 0.15) is 0 Å². The Morgan fingerprint density at radius 3 is 2.61 bits per heavy atom. The van der Waals surface area contributed by atoms with Gasteiger partial charge in [-0.2, -0.15) is 13.2 Å². The fraction of sp³-hybridized carbons (Fsp3) is 0.650. The van der Waals surface area contributed by atoms with Crippen LogP contribution in [0.4, 0.5) is 18.0 Å². The predicted octanol–water partition coefficient (Wildman–Crippen LogP) is 3.17. The third-order valence-corrected chi connectivity index (χ3v) is 5.38. The summed E-state index contributed by atoms with van der Waals surface area (Å²) in [5, 5.41) is 2.89. The fourth-order valence-corrected chi connectivity index (χ4v) is 4.00. The summed E-state index contributed by atoms with van der Waals surface area (Å²) in [4.78, 5) is 16.5. The van der Waals surface area contributed by atoms with Crippen LogP contribution in [0, 0.1) is 5.92 Å². The molecule has 28 heavy (non-hydrogen) atoms. The van der Waals surface area contributed by atoms with Gasteiger partial charge in [0.25, 0.3) is 0 Å². The van der Waals surface area contributed by atoms with Gasteiger partial charge in [-0.1, -0.05) is 18.2 Å². The van der Waals surface area contributed by atoms with Gasteiger partial charge in [-0.15, -0.1) is 0 Å². The molecule has 0 saturated carbocycles. The Hall–Kier alpha value is -1.80. The molecule has 0 aliphatic carbocycles. The number of halogens is 3. The molecular weight excluding hydrogens is 371 g/mol. The van der Waals surface area contributed by atoms with Gasteiger partial charge >= 0.3 is 12.2 Å². The van der Waals surface area contributed by atoms with Gasteiger partial charge < -0.3 is 15.0 Å². The molecule has 5 nitrogen and oxygen atoms in total. The topological polar surface area (TPSA) is 44.8 Å². The highest BCUT2D eigenvalue weighted by molar-refractivity contribution is 5.75. The maximum absolute atomic E-state index is 13.2. The quantitative estimate of drug-likeness (QED) is 0.846. The zero-order chi connectivity index (χ0) is 20.3. The summed E-state index contributed by atoms with van der Waals surface area (Å²) in [7, 11) is 0. The first kappa shape index (κ1) is 20.9. The van der Waals surface area contributed by atoms with Gasteiger partial charge in [-0.25, -0.2) is 4.79 Å². The number of carbonyl (C=O) groups is 1. The third-order valence-electron chi connectivity index (χ3n) is 5.38. The first-order chi connectivity index (χ1) is 13.2. The molecule has 2 amide bonds. The van der Waals surface area contributed by atoms with Gasteiger partial charge in [0.05, 0.1) is 18.8 Å². The van der Waals surface area contributed by atoms with E-state index in [0.29, 0.717) is 31.9 Å². The van der Waals surface area contributed by atoms with Crippen molar-refractivity contribution in [2.45, 2.75) is 32.0 Å². The molecule has 1 N–H and O–H groups in total. The number of rotatable bonds is 4. The van der Waals surface area contributed by atoms with E-state index >= 15 is 0 Å². The van der Waals surface area contributed by atoms with Crippen LogP contribution < -0.4 is 5.32 Å². The molecule has 2 unspecified atom stereocenters. The monoisotopic (exact) mass is 399 g/mol. The summed E-state index contributed by atoms with van der Waals surface area (Å²) < 4.78 is 44.9.